The largest absolute Gasteiger partial charge is 0.494 e. The number of amides is 2. The van der Waals surface area contributed by atoms with Crippen LogP contribution in [-0.4, -0.2) is 50.9 Å². The summed E-state index contributed by atoms with van der Waals surface area (Å²) in [7, 11) is -4.21. The number of halogens is 2. The van der Waals surface area contributed by atoms with E-state index in [9.17, 15) is 18.0 Å². The molecule has 0 heterocycles. The van der Waals surface area contributed by atoms with E-state index in [2.05, 4.69) is 5.32 Å². The first-order valence-electron chi connectivity index (χ1n) is 13.8. The molecule has 0 unspecified atom stereocenters. The van der Waals surface area contributed by atoms with Gasteiger partial charge in [0.15, 0.2) is 0 Å². The van der Waals surface area contributed by atoms with Crippen molar-refractivity contribution in [3.63, 3.8) is 0 Å². The number of nitrogens with zero attached hydrogens (tertiary/aromatic N) is 2. The maximum atomic E-state index is 14.1. The van der Waals surface area contributed by atoms with E-state index < -0.39 is 28.5 Å². The summed E-state index contributed by atoms with van der Waals surface area (Å²) in [4.78, 5) is 28.8. The Labute approximate surface area is 258 Å². The Hall–Kier alpha value is -3.27. The van der Waals surface area contributed by atoms with Crippen LogP contribution in [0.15, 0.2) is 77.7 Å². The van der Waals surface area contributed by atoms with Crippen molar-refractivity contribution in [3.05, 3.63) is 88.4 Å². The average molecular weight is 635 g/mol. The van der Waals surface area contributed by atoms with E-state index in [1.54, 1.807) is 48.5 Å². The van der Waals surface area contributed by atoms with Gasteiger partial charge in [-0.25, -0.2) is 8.42 Å². The molecule has 2 amide bonds. The van der Waals surface area contributed by atoms with Crippen molar-refractivity contribution in [2.45, 2.75) is 51.6 Å². The van der Waals surface area contributed by atoms with Crippen LogP contribution < -0.4 is 14.4 Å². The van der Waals surface area contributed by atoms with Gasteiger partial charge in [-0.15, -0.1) is 0 Å². The number of hydrogen-bond acceptors (Lipinski definition) is 5. The summed E-state index contributed by atoms with van der Waals surface area (Å²) in [6.07, 6.45) is 0.330. The van der Waals surface area contributed by atoms with Crippen LogP contribution in [0, 0.1) is 5.92 Å². The summed E-state index contributed by atoms with van der Waals surface area (Å²) in [6, 6.07) is 18.3. The zero-order chi connectivity index (χ0) is 30.9. The van der Waals surface area contributed by atoms with Crippen molar-refractivity contribution < 1.29 is 22.7 Å². The topological polar surface area (TPSA) is 96.0 Å². The molecule has 42 heavy (non-hydrogen) atoms. The minimum Gasteiger partial charge on any atom is -0.494 e. The SMILES string of the molecule is CCOc1ccc(N(CC(=O)N(Cc2ccc(Cl)cc2)[C@H](CC)C(=O)NCC(C)C)S(=O)(=O)c2ccc(Cl)cc2)cc1. The summed E-state index contributed by atoms with van der Waals surface area (Å²) < 4.78 is 34.5. The lowest BCUT2D eigenvalue weighted by Gasteiger charge is -2.33. The van der Waals surface area contributed by atoms with Crippen LogP contribution in [0.25, 0.3) is 0 Å². The van der Waals surface area contributed by atoms with Crippen molar-refractivity contribution in [2.24, 2.45) is 5.92 Å². The lowest BCUT2D eigenvalue weighted by molar-refractivity contribution is -0.140. The highest BCUT2D eigenvalue weighted by atomic mass is 35.5. The van der Waals surface area contributed by atoms with Gasteiger partial charge in [0.25, 0.3) is 10.0 Å². The van der Waals surface area contributed by atoms with Crippen LogP contribution >= 0.6 is 23.2 Å². The Morgan fingerprint density at radius 3 is 1.98 bits per heavy atom. The molecule has 1 atom stereocenters. The van der Waals surface area contributed by atoms with Gasteiger partial charge >= 0.3 is 0 Å². The highest BCUT2D eigenvalue weighted by Gasteiger charge is 2.33. The molecule has 0 radical (unpaired) electrons. The third-order valence-corrected chi connectivity index (χ3v) is 8.74. The Bertz CT molecular complexity index is 1430. The predicted octanol–water partition coefficient (Wildman–Crippen LogP) is 6.17. The molecule has 0 fully saturated rings. The molecule has 0 saturated heterocycles. The quantitative estimate of drug-likeness (QED) is 0.229. The lowest BCUT2D eigenvalue weighted by atomic mass is 10.1. The molecule has 0 saturated carbocycles. The molecule has 8 nitrogen and oxygen atoms in total. The molecule has 0 aliphatic carbocycles. The highest BCUT2D eigenvalue weighted by molar-refractivity contribution is 7.92. The molecule has 226 valence electrons. The lowest BCUT2D eigenvalue weighted by Crippen LogP contribution is -2.52. The molecule has 0 aromatic heterocycles. The maximum absolute atomic E-state index is 14.1. The first kappa shape index (κ1) is 33.2. The highest BCUT2D eigenvalue weighted by Crippen LogP contribution is 2.27. The first-order chi connectivity index (χ1) is 20.0. The van der Waals surface area contributed by atoms with Crippen molar-refractivity contribution in [1.29, 1.82) is 0 Å². The minimum atomic E-state index is -4.21. The third-order valence-electron chi connectivity index (χ3n) is 6.45. The molecule has 0 aliphatic heterocycles. The van der Waals surface area contributed by atoms with E-state index in [1.165, 1.54) is 29.2 Å². The molecule has 0 bridgehead atoms. The van der Waals surface area contributed by atoms with Crippen LogP contribution in [0.5, 0.6) is 5.75 Å². The Balaban J connectivity index is 2.04. The van der Waals surface area contributed by atoms with E-state index in [4.69, 9.17) is 27.9 Å². The maximum Gasteiger partial charge on any atom is 0.264 e. The van der Waals surface area contributed by atoms with E-state index in [-0.39, 0.29) is 29.0 Å². The fourth-order valence-corrected chi connectivity index (χ4v) is 5.93. The van der Waals surface area contributed by atoms with Gasteiger partial charge in [-0.3, -0.25) is 13.9 Å². The van der Waals surface area contributed by atoms with Crippen LogP contribution in [0.1, 0.15) is 39.7 Å². The fraction of sp³-hybridized carbons (Fsp3) is 0.355. The molecule has 11 heteroatoms. The Kier molecular flexibility index (Phi) is 12.1. The molecule has 0 aliphatic rings. The molecule has 1 N–H and O–H groups in total. The number of carbonyl (C=O) groups excluding carboxylic acids is 2. The van der Waals surface area contributed by atoms with Gasteiger partial charge in [-0.2, -0.15) is 0 Å². The second kappa shape index (κ2) is 15.3. The Morgan fingerprint density at radius 1 is 0.881 bits per heavy atom. The second-order valence-corrected chi connectivity index (χ2v) is 12.8. The summed E-state index contributed by atoms with van der Waals surface area (Å²) in [6.45, 7) is 8.06. The normalized spacial score (nSPS) is 12.1. The molecule has 3 aromatic carbocycles. The van der Waals surface area contributed by atoms with Crippen LogP contribution in [0.3, 0.4) is 0 Å². The van der Waals surface area contributed by atoms with E-state index >= 15 is 0 Å². The van der Waals surface area contributed by atoms with Crippen molar-refractivity contribution in [1.82, 2.24) is 10.2 Å². The second-order valence-electron chi connectivity index (χ2n) is 10.1. The molecule has 0 spiro atoms. The average Bonchev–Trinajstić information content (AvgIpc) is 2.96. The summed E-state index contributed by atoms with van der Waals surface area (Å²) in [5.41, 5.74) is 1.02. The van der Waals surface area contributed by atoms with Crippen LogP contribution in [0.4, 0.5) is 5.69 Å². The smallest absolute Gasteiger partial charge is 0.264 e. The number of hydrogen-bond donors (Lipinski definition) is 1. The van der Waals surface area contributed by atoms with E-state index in [0.717, 1.165) is 9.87 Å². The van der Waals surface area contributed by atoms with Gasteiger partial charge in [0.05, 0.1) is 17.2 Å². The van der Waals surface area contributed by atoms with Gasteiger partial charge in [0.1, 0.15) is 18.3 Å². The van der Waals surface area contributed by atoms with Crippen LogP contribution in [0.2, 0.25) is 10.0 Å². The molecule has 3 aromatic rings. The summed E-state index contributed by atoms with van der Waals surface area (Å²) in [5.74, 6) is -0.0650. The number of nitrogens with one attached hydrogen (secondary N) is 1. The first-order valence-corrected chi connectivity index (χ1v) is 16.0. The number of ether oxygens (including phenoxy) is 1. The summed E-state index contributed by atoms with van der Waals surface area (Å²) in [5, 5.41) is 3.83. The number of carbonyl (C=O) groups is 2. The molecular formula is C31H37Cl2N3O5S. The third kappa shape index (κ3) is 8.86. The van der Waals surface area contributed by atoms with Crippen molar-refractivity contribution in [2.75, 3.05) is 24.0 Å². The Morgan fingerprint density at radius 2 is 1.45 bits per heavy atom. The summed E-state index contributed by atoms with van der Waals surface area (Å²) >= 11 is 12.1. The van der Waals surface area contributed by atoms with Crippen LogP contribution in [-0.2, 0) is 26.2 Å². The zero-order valence-corrected chi connectivity index (χ0v) is 26.5. The number of benzene rings is 3. The van der Waals surface area contributed by atoms with Gasteiger partial charge in [0.2, 0.25) is 11.8 Å². The van der Waals surface area contributed by atoms with E-state index in [1.807, 2.05) is 27.7 Å². The number of sulfonamides is 1. The predicted molar refractivity (Wildman–Crippen MR) is 168 cm³/mol. The van der Waals surface area contributed by atoms with Gasteiger partial charge in [-0.1, -0.05) is 56.1 Å². The van der Waals surface area contributed by atoms with Crippen molar-refractivity contribution >= 4 is 50.7 Å². The fourth-order valence-electron chi connectivity index (χ4n) is 4.27. The molecular weight excluding hydrogens is 597 g/mol. The zero-order valence-electron chi connectivity index (χ0n) is 24.2. The van der Waals surface area contributed by atoms with E-state index in [0.29, 0.717) is 35.4 Å². The number of rotatable bonds is 14. The standard InChI is InChI=1S/C31H37Cl2N3O5S/c1-5-29(31(38)34-19-22(3)4)35(20-23-7-9-24(32)10-8-23)30(37)21-36(26-13-15-27(16-14-26)41-6-2)42(39,40)28-17-11-25(33)12-18-28/h7-18,22,29H,5-6,19-21H2,1-4H3,(H,34,38)/t29-/m1/s1. The molecule has 3 rings (SSSR count). The number of anilines is 1. The minimum absolute atomic E-state index is 0.0282. The van der Waals surface area contributed by atoms with Crippen molar-refractivity contribution in [3.8, 4) is 5.75 Å². The van der Waals surface area contributed by atoms with Gasteiger partial charge < -0.3 is 15.0 Å². The van der Waals surface area contributed by atoms with Gasteiger partial charge in [-0.05, 0) is 85.5 Å². The monoisotopic (exact) mass is 633 g/mol. The van der Waals surface area contributed by atoms with Gasteiger partial charge in [0, 0.05) is 23.1 Å².